The Kier molecular flexibility index (Phi) is 1.83. The van der Waals surface area contributed by atoms with Gasteiger partial charge in [-0.05, 0) is 67.5 Å². The van der Waals surface area contributed by atoms with Gasteiger partial charge in [-0.25, -0.2) is 4.68 Å². The number of carbonyl (C=O) groups excluding carboxylic acids is 3. The van der Waals surface area contributed by atoms with Crippen LogP contribution in [0.4, 0.5) is 11.4 Å². The quantitative estimate of drug-likeness (QED) is 0.599. The molecule has 0 aliphatic carbocycles. The van der Waals surface area contributed by atoms with Crippen molar-refractivity contribution in [3.63, 3.8) is 0 Å². The topological polar surface area (TPSA) is 111 Å². The Bertz CT molecular complexity index is 2310. The standard InChI is InChI=1S/C25H25N5O4/c1-34-19-11-9-18(10-12-19)30-23-20(22(27-30)24(26)32)13-15-29(25(23)33)17-7-5-16(6-8-17)28-14-3-2-4-21(28)31/h5-12H,2-4,13-15H2,1H3,(H2,26,32)/i1D3,2D2,3D2,4D2,5D,6D,7D,8D,9D,10D,11D,12D,13D2,14D2,15D2/hD2. The number of primary amides is 1. The number of fused-ring (bicyclic) bond motifs is 1. The maximum absolute atomic E-state index is 14.6. The number of benzene rings is 2. The summed E-state index contributed by atoms with van der Waals surface area (Å²) < 4.78 is 210. The highest BCUT2D eigenvalue weighted by Crippen LogP contribution is 2.31. The number of nitrogens with two attached hydrogens (primary N) is 1. The Labute approximate surface area is 231 Å². The molecule has 3 heterocycles. The number of aromatic nitrogens is 2. The fraction of sp³-hybridized carbons (Fsp3) is 0.280. The van der Waals surface area contributed by atoms with Gasteiger partial charge in [0.25, 0.3) is 11.8 Å². The van der Waals surface area contributed by atoms with E-state index in [-0.39, 0.29) is 9.58 Å². The molecule has 0 bridgehead atoms. The van der Waals surface area contributed by atoms with Crippen LogP contribution in [0.5, 0.6) is 5.75 Å². The predicted molar refractivity (Wildman–Crippen MR) is 127 cm³/mol. The molecular formula is C25H25N5O4. The minimum atomic E-state index is -4.01. The maximum atomic E-state index is 14.6. The van der Waals surface area contributed by atoms with Crippen molar-refractivity contribution in [3.05, 3.63) is 65.3 Å². The van der Waals surface area contributed by atoms with Crippen LogP contribution in [0.2, 0.25) is 2.82 Å². The molecule has 3 amide bonds. The molecule has 0 spiro atoms. The van der Waals surface area contributed by atoms with Crippen molar-refractivity contribution in [1.82, 2.24) is 9.78 Å². The van der Waals surface area contributed by atoms with Crippen LogP contribution in [0.3, 0.4) is 0 Å². The Morgan fingerprint density at radius 3 is 2.44 bits per heavy atom. The molecule has 9 nitrogen and oxygen atoms in total. The highest BCUT2D eigenvalue weighted by molar-refractivity contribution is 6.09. The minimum absolute atomic E-state index is 0.0399. The maximum Gasteiger partial charge on any atom is 0.277 e. The molecule has 3 aromatic rings. The van der Waals surface area contributed by atoms with E-state index in [0.717, 1.165) is 0 Å². The van der Waals surface area contributed by atoms with E-state index in [1.165, 1.54) is 0 Å². The lowest BCUT2D eigenvalue weighted by atomic mass is 10.0. The number of carbonyl (C=O) groups is 3. The lowest BCUT2D eigenvalue weighted by Gasteiger charge is -2.29. The zero-order valence-corrected chi connectivity index (χ0v) is 16.4. The van der Waals surface area contributed by atoms with E-state index in [9.17, 15) is 14.4 Å². The summed E-state index contributed by atoms with van der Waals surface area (Å²) in [7, 11) is -3.35. The van der Waals surface area contributed by atoms with Crippen molar-refractivity contribution in [2.75, 3.05) is 29.8 Å². The first-order chi connectivity index (χ1) is 26.4. The molecule has 174 valence electrons. The molecule has 2 aliphatic heterocycles. The van der Waals surface area contributed by atoms with Gasteiger partial charge in [0.15, 0.2) is 8.52 Å². The molecule has 0 saturated carbocycles. The van der Waals surface area contributed by atoms with Crippen LogP contribution in [0, 0.1) is 0 Å². The van der Waals surface area contributed by atoms with E-state index in [4.69, 9.17) is 34.4 Å². The summed E-state index contributed by atoms with van der Waals surface area (Å²) in [6, 6.07) is -11.5. The second-order valence-electron chi connectivity index (χ2n) is 6.27. The number of ether oxygens (including phenoxy) is 1. The molecule has 0 atom stereocenters. The fourth-order valence-corrected chi connectivity index (χ4v) is 2.88. The number of anilines is 2. The van der Waals surface area contributed by atoms with E-state index in [2.05, 4.69) is 9.84 Å². The van der Waals surface area contributed by atoms with Gasteiger partial charge in [0, 0.05) is 50.0 Å². The van der Waals surface area contributed by atoms with Crippen molar-refractivity contribution in [2.24, 2.45) is 5.72 Å². The Morgan fingerprint density at radius 2 is 1.74 bits per heavy atom. The number of nitrogens with zero attached hydrogens (tertiary/aromatic N) is 4. The van der Waals surface area contributed by atoms with E-state index >= 15 is 0 Å². The lowest BCUT2D eigenvalue weighted by molar-refractivity contribution is -0.119. The number of methoxy groups -OCH3 is 1. The molecule has 0 unspecified atom stereocenters. The average molecular weight is 485 g/mol. The van der Waals surface area contributed by atoms with Gasteiger partial charge in [0.2, 0.25) is 5.91 Å². The third kappa shape index (κ3) is 3.68. The number of piperidine rings is 1. The SMILES string of the molecule is [2H]c1c([2H])c(-n2nc(C(=O)N([2H])[2H])c3c2C(=O)N(c2c([2H])c([2H])c(N4C(=O)C([2H])([2H])C([2H])([2H])C([2H])([2H])C4([2H])[2H])c([2H])c2[2H])C([2H])([2H])C3([2H])[2H])c([2H])c([2H])c1OC([2H])([2H])[2H]. The predicted octanol–water partition coefficient (Wildman–Crippen LogP) is 2.70. The summed E-state index contributed by atoms with van der Waals surface area (Å²) in [5.41, 5.74) is -9.16. The monoisotopic (exact) mass is 484 g/mol. The van der Waals surface area contributed by atoms with Crippen molar-refractivity contribution in [3.8, 4) is 11.4 Å². The molecule has 0 radical (unpaired) electrons. The van der Waals surface area contributed by atoms with Gasteiger partial charge in [-0.3, -0.25) is 14.4 Å². The number of hydrogen-bond acceptors (Lipinski definition) is 5. The Hall–Kier alpha value is -4.14. The Morgan fingerprint density at radius 1 is 1.03 bits per heavy atom. The first-order valence-corrected chi connectivity index (χ1v) is 8.96. The summed E-state index contributed by atoms with van der Waals surface area (Å²) in [4.78, 5) is 40.3. The van der Waals surface area contributed by atoms with Crippen molar-refractivity contribution in [2.45, 2.75) is 25.5 Å². The van der Waals surface area contributed by atoms with Crippen LogP contribution in [0.1, 0.15) is 77.2 Å². The number of hydrogen-bond donors (Lipinski definition) is 1. The summed E-state index contributed by atoms with van der Waals surface area (Å²) >= 11 is 0. The smallest absolute Gasteiger partial charge is 0.277 e. The molecular weight excluding hydrogens is 434 g/mol. The first-order valence-electron chi connectivity index (χ1n) is 21.4. The molecule has 9 heteroatoms. The van der Waals surface area contributed by atoms with E-state index in [1.54, 1.807) is 0 Å². The van der Waals surface area contributed by atoms with Gasteiger partial charge in [-0.1, -0.05) is 0 Å². The fourth-order valence-electron chi connectivity index (χ4n) is 2.88. The van der Waals surface area contributed by atoms with Crippen LogP contribution in [0.15, 0.2) is 48.3 Å². The second-order valence-corrected chi connectivity index (χ2v) is 6.27. The van der Waals surface area contributed by atoms with Crippen molar-refractivity contribution >= 4 is 29.1 Å². The summed E-state index contributed by atoms with van der Waals surface area (Å²) in [5, 5.41) is 3.67. The molecule has 2 aromatic carbocycles. The van der Waals surface area contributed by atoms with E-state index in [1.807, 2.05) is 0 Å². The lowest BCUT2D eigenvalue weighted by Crippen LogP contribution is -2.39. The molecule has 5 rings (SSSR count). The summed E-state index contributed by atoms with van der Waals surface area (Å²) in [6.45, 7) is -8.00. The van der Waals surface area contributed by atoms with Gasteiger partial charge in [-0.15, -0.1) is 0 Å². The number of amides is 3. The summed E-state index contributed by atoms with van der Waals surface area (Å²) in [5.74, 6) is -7.26. The van der Waals surface area contributed by atoms with Gasteiger partial charge in [-0.2, -0.15) is 5.10 Å². The third-order valence-corrected chi connectivity index (χ3v) is 4.34. The van der Waals surface area contributed by atoms with Crippen LogP contribution in [-0.2, 0) is 11.2 Å². The van der Waals surface area contributed by atoms with Crippen molar-refractivity contribution < 1.29 is 53.5 Å². The Balaban J connectivity index is 1.88. The molecule has 1 saturated heterocycles. The van der Waals surface area contributed by atoms with Crippen molar-refractivity contribution in [1.29, 1.82) is 0 Å². The van der Waals surface area contributed by atoms with E-state index < -0.39 is 162 Å². The van der Waals surface area contributed by atoms with Gasteiger partial charge in [0.1, 0.15) is 11.4 Å². The van der Waals surface area contributed by atoms with Gasteiger partial charge < -0.3 is 20.3 Å². The van der Waals surface area contributed by atoms with Crippen LogP contribution in [0.25, 0.3) is 5.69 Å². The third-order valence-electron chi connectivity index (χ3n) is 4.34. The molecule has 2 N–H and O–H groups in total. The normalized spacial score (nSPS) is 35.7. The zero-order chi connectivity index (χ0) is 45.6. The highest BCUT2D eigenvalue weighted by atomic mass is 16.5. The molecule has 1 fully saturated rings. The van der Waals surface area contributed by atoms with Crippen LogP contribution >= 0.6 is 0 Å². The first kappa shape index (κ1) is 7.18. The van der Waals surface area contributed by atoms with Crippen LogP contribution in [-0.4, -0.2) is 47.5 Å². The van der Waals surface area contributed by atoms with E-state index in [0.29, 0.717) is 0 Å². The molecule has 1 aromatic heterocycles. The second kappa shape index (κ2) is 8.66. The zero-order valence-electron chi connectivity index (χ0n) is 41.4. The molecule has 34 heavy (non-hydrogen) atoms. The van der Waals surface area contributed by atoms with Crippen LogP contribution < -0.4 is 20.3 Å². The minimum Gasteiger partial charge on any atom is -0.497 e. The summed E-state index contributed by atoms with van der Waals surface area (Å²) in [6.07, 6.45) is -15.7. The highest BCUT2D eigenvalue weighted by Gasteiger charge is 2.34. The largest absolute Gasteiger partial charge is 0.497 e. The average Bonchev–Trinajstić information content (AvgIpc) is 3.50. The van der Waals surface area contributed by atoms with Gasteiger partial charge >= 0.3 is 0 Å². The number of rotatable bonds is 5. The van der Waals surface area contributed by atoms with Gasteiger partial charge in [0.05, 0.1) is 30.5 Å². The molecule has 2 aliphatic rings.